The van der Waals surface area contributed by atoms with Gasteiger partial charge in [0, 0.05) is 6.07 Å². The number of methoxy groups -OCH3 is 1. The highest BCUT2D eigenvalue weighted by atomic mass is 19.1. The lowest BCUT2D eigenvalue weighted by molar-refractivity contribution is -0.140. The molecule has 0 spiro atoms. The fourth-order valence-corrected chi connectivity index (χ4v) is 1.54. The Morgan fingerprint density at radius 3 is 3.06 bits per heavy atom. The highest BCUT2D eigenvalue weighted by molar-refractivity contribution is 6.01. The summed E-state index contributed by atoms with van der Waals surface area (Å²) in [4.78, 5) is 23.9. The van der Waals surface area contributed by atoms with Crippen molar-refractivity contribution in [3.05, 3.63) is 24.0 Å². The van der Waals surface area contributed by atoms with E-state index < -0.39 is 17.7 Å². The number of hydrogen-bond donors (Lipinski definition) is 0. The molecule has 1 aromatic rings. The molecule has 0 aromatic heterocycles. The molecule has 0 radical (unpaired) electrons. The Balaban J connectivity index is 2.35. The monoisotopic (exact) mass is 239 g/mol. The van der Waals surface area contributed by atoms with E-state index in [0.29, 0.717) is 5.75 Å². The zero-order valence-electron chi connectivity index (χ0n) is 9.10. The fourth-order valence-electron chi connectivity index (χ4n) is 1.54. The van der Waals surface area contributed by atoms with E-state index in [0.717, 1.165) is 11.0 Å². The first kappa shape index (κ1) is 11.4. The van der Waals surface area contributed by atoms with Gasteiger partial charge in [0.05, 0.1) is 12.8 Å². The maximum absolute atomic E-state index is 13.1. The number of rotatable bonds is 2. The molecule has 1 aromatic carbocycles. The van der Waals surface area contributed by atoms with Gasteiger partial charge in [-0.05, 0) is 12.1 Å². The van der Waals surface area contributed by atoms with Crippen molar-refractivity contribution in [1.82, 2.24) is 0 Å². The van der Waals surface area contributed by atoms with Crippen molar-refractivity contribution in [2.24, 2.45) is 0 Å². The van der Waals surface area contributed by atoms with Gasteiger partial charge in [0.2, 0.25) is 0 Å². The average Bonchev–Trinajstić information content (AvgIpc) is 2.32. The van der Waals surface area contributed by atoms with Crippen molar-refractivity contribution in [3.8, 4) is 5.75 Å². The number of halogens is 1. The predicted octanol–water partition coefficient (Wildman–Crippen LogP) is 0.724. The van der Waals surface area contributed by atoms with Crippen LogP contribution in [-0.2, 0) is 14.3 Å². The first-order chi connectivity index (χ1) is 8.11. The molecule has 0 saturated heterocycles. The molecular weight excluding hydrogens is 229 g/mol. The molecule has 0 aliphatic carbocycles. The fraction of sp³-hybridized carbons (Fsp3) is 0.273. The van der Waals surface area contributed by atoms with Crippen LogP contribution >= 0.6 is 0 Å². The Morgan fingerprint density at radius 1 is 1.59 bits per heavy atom. The van der Waals surface area contributed by atoms with E-state index in [9.17, 15) is 14.0 Å². The summed E-state index contributed by atoms with van der Waals surface area (Å²) in [5, 5.41) is 0. The third-order valence-corrected chi connectivity index (χ3v) is 2.38. The molecule has 1 amide bonds. The van der Waals surface area contributed by atoms with Crippen LogP contribution in [0.4, 0.5) is 10.1 Å². The van der Waals surface area contributed by atoms with Gasteiger partial charge in [-0.25, -0.2) is 4.39 Å². The summed E-state index contributed by atoms with van der Waals surface area (Å²) in [6.07, 6.45) is 0. The smallest absolute Gasteiger partial charge is 0.325 e. The molecule has 2 rings (SSSR count). The summed E-state index contributed by atoms with van der Waals surface area (Å²) >= 11 is 0. The molecule has 0 saturated carbocycles. The molecule has 1 aliphatic rings. The van der Waals surface area contributed by atoms with Gasteiger partial charge in [0.25, 0.3) is 5.91 Å². The third-order valence-electron chi connectivity index (χ3n) is 2.38. The van der Waals surface area contributed by atoms with Gasteiger partial charge in [0.1, 0.15) is 18.1 Å². The molecule has 0 N–H and O–H groups in total. The number of carbonyl (C=O) groups excluding carboxylic acids is 2. The second-order valence-corrected chi connectivity index (χ2v) is 3.46. The Kier molecular flexibility index (Phi) is 2.95. The molecule has 6 heteroatoms. The Morgan fingerprint density at radius 2 is 2.35 bits per heavy atom. The Bertz CT molecular complexity index is 475. The molecule has 0 unspecified atom stereocenters. The van der Waals surface area contributed by atoms with E-state index in [2.05, 4.69) is 4.74 Å². The van der Waals surface area contributed by atoms with E-state index in [1.807, 2.05) is 0 Å². The van der Waals surface area contributed by atoms with Crippen LogP contribution in [-0.4, -0.2) is 32.1 Å². The van der Waals surface area contributed by atoms with Crippen LogP contribution in [0.15, 0.2) is 18.2 Å². The van der Waals surface area contributed by atoms with Gasteiger partial charge < -0.3 is 9.47 Å². The van der Waals surface area contributed by atoms with E-state index in [-0.39, 0.29) is 18.8 Å². The highest BCUT2D eigenvalue weighted by Crippen LogP contribution is 2.32. The zero-order valence-corrected chi connectivity index (χ0v) is 9.10. The lowest BCUT2D eigenvalue weighted by atomic mass is 10.2. The number of carbonyl (C=O) groups is 2. The zero-order chi connectivity index (χ0) is 12.4. The topological polar surface area (TPSA) is 55.8 Å². The third kappa shape index (κ3) is 2.20. The number of nitrogens with zero attached hydrogens (tertiary/aromatic N) is 1. The quantitative estimate of drug-likeness (QED) is 0.714. The maximum Gasteiger partial charge on any atom is 0.325 e. The van der Waals surface area contributed by atoms with E-state index >= 15 is 0 Å². The largest absolute Gasteiger partial charge is 0.482 e. The van der Waals surface area contributed by atoms with Gasteiger partial charge in [-0.1, -0.05) is 0 Å². The number of hydrogen-bond acceptors (Lipinski definition) is 4. The molecule has 0 bridgehead atoms. The molecule has 90 valence electrons. The summed E-state index contributed by atoms with van der Waals surface area (Å²) in [5.74, 6) is -1.12. The van der Waals surface area contributed by atoms with Crippen molar-refractivity contribution in [2.45, 2.75) is 0 Å². The molecule has 5 nitrogen and oxygen atoms in total. The number of esters is 1. The molecule has 0 fully saturated rings. The van der Waals surface area contributed by atoms with Crippen molar-refractivity contribution in [2.75, 3.05) is 25.2 Å². The number of fused-ring (bicyclic) bond motifs is 1. The van der Waals surface area contributed by atoms with Gasteiger partial charge in [-0.15, -0.1) is 0 Å². The molecule has 0 atom stereocenters. The summed E-state index contributed by atoms with van der Waals surface area (Å²) < 4.78 is 22.7. The number of benzene rings is 1. The van der Waals surface area contributed by atoms with Gasteiger partial charge in [-0.2, -0.15) is 0 Å². The van der Waals surface area contributed by atoms with Gasteiger partial charge in [0.15, 0.2) is 6.61 Å². The average molecular weight is 239 g/mol. The molecular formula is C11H10FNO4. The summed E-state index contributed by atoms with van der Waals surface area (Å²) in [7, 11) is 1.22. The van der Waals surface area contributed by atoms with E-state index in [4.69, 9.17) is 4.74 Å². The predicted molar refractivity (Wildman–Crippen MR) is 56.3 cm³/mol. The first-order valence-electron chi connectivity index (χ1n) is 4.91. The highest BCUT2D eigenvalue weighted by Gasteiger charge is 2.27. The van der Waals surface area contributed by atoms with Crippen molar-refractivity contribution >= 4 is 17.6 Å². The minimum Gasteiger partial charge on any atom is -0.482 e. The lowest BCUT2D eigenvalue weighted by Crippen LogP contribution is -2.42. The van der Waals surface area contributed by atoms with Crippen molar-refractivity contribution in [1.29, 1.82) is 0 Å². The van der Waals surface area contributed by atoms with E-state index in [1.54, 1.807) is 0 Å². The van der Waals surface area contributed by atoms with Gasteiger partial charge >= 0.3 is 5.97 Å². The van der Waals surface area contributed by atoms with Crippen LogP contribution in [0, 0.1) is 5.82 Å². The first-order valence-corrected chi connectivity index (χ1v) is 4.91. The Labute approximate surface area is 96.7 Å². The van der Waals surface area contributed by atoms with Gasteiger partial charge in [-0.3, -0.25) is 14.5 Å². The standard InChI is InChI=1S/C11H10FNO4/c1-16-11(15)5-13-8-4-7(12)2-3-9(8)17-6-10(13)14/h2-4H,5-6H2,1H3. The summed E-state index contributed by atoms with van der Waals surface area (Å²) in [6.45, 7) is -0.426. The second-order valence-electron chi connectivity index (χ2n) is 3.46. The van der Waals surface area contributed by atoms with Crippen LogP contribution in [0.2, 0.25) is 0 Å². The SMILES string of the molecule is COC(=O)CN1C(=O)COc2ccc(F)cc21. The lowest BCUT2D eigenvalue weighted by Gasteiger charge is -2.28. The Hall–Kier alpha value is -2.11. The van der Waals surface area contributed by atoms with Crippen LogP contribution < -0.4 is 9.64 Å². The molecule has 1 aliphatic heterocycles. The van der Waals surface area contributed by atoms with Crippen LogP contribution in [0.3, 0.4) is 0 Å². The van der Waals surface area contributed by atoms with Crippen molar-refractivity contribution in [3.63, 3.8) is 0 Å². The second kappa shape index (κ2) is 4.40. The number of amides is 1. The van der Waals surface area contributed by atoms with E-state index in [1.165, 1.54) is 19.2 Å². The van der Waals surface area contributed by atoms with Crippen molar-refractivity contribution < 1.29 is 23.5 Å². The number of ether oxygens (including phenoxy) is 2. The molecule has 17 heavy (non-hydrogen) atoms. The summed E-state index contributed by atoms with van der Waals surface area (Å²) in [6, 6.07) is 3.79. The minimum atomic E-state index is -0.574. The molecule has 1 heterocycles. The van der Waals surface area contributed by atoms with Crippen LogP contribution in [0.1, 0.15) is 0 Å². The summed E-state index contributed by atoms with van der Waals surface area (Å²) in [5.41, 5.74) is 0.242. The number of anilines is 1. The normalized spacial score (nSPS) is 14.0. The minimum absolute atomic E-state index is 0.171. The van der Waals surface area contributed by atoms with Crippen LogP contribution in [0.25, 0.3) is 0 Å². The van der Waals surface area contributed by atoms with Crippen LogP contribution in [0.5, 0.6) is 5.75 Å². The maximum atomic E-state index is 13.1.